The lowest BCUT2D eigenvalue weighted by molar-refractivity contribution is -0.118. The number of amides is 1. The van der Waals surface area contributed by atoms with Crippen LogP contribution in [-0.2, 0) is 14.6 Å². The highest BCUT2D eigenvalue weighted by Crippen LogP contribution is 2.15. The average molecular weight is 413 g/mol. The molecular weight excluding hydrogens is 396 g/mol. The van der Waals surface area contributed by atoms with Crippen LogP contribution in [0.1, 0.15) is 11.1 Å². The monoisotopic (exact) mass is 412 g/mol. The maximum Gasteiger partial charge on any atom is 0.255 e. The summed E-state index contributed by atoms with van der Waals surface area (Å²) in [5.74, 6) is -1.44. The molecule has 3 aromatic rings. The van der Waals surface area contributed by atoms with Gasteiger partial charge in [-0.2, -0.15) is 5.10 Å². The second kappa shape index (κ2) is 8.82. The summed E-state index contributed by atoms with van der Waals surface area (Å²) in [7, 11) is -3.79. The van der Waals surface area contributed by atoms with Gasteiger partial charge in [0.25, 0.3) is 5.91 Å². The van der Waals surface area contributed by atoms with Crippen LogP contribution in [0.5, 0.6) is 0 Å². The second-order valence-corrected chi connectivity index (χ2v) is 8.37. The Morgan fingerprint density at radius 2 is 1.32 bits per heavy atom. The van der Waals surface area contributed by atoms with Crippen molar-refractivity contribution in [1.82, 2.24) is 5.43 Å². The van der Waals surface area contributed by atoms with E-state index < -0.39 is 21.5 Å². The van der Waals surface area contributed by atoms with Crippen molar-refractivity contribution in [2.24, 2.45) is 5.10 Å². The molecule has 0 fully saturated rings. The second-order valence-electron chi connectivity index (χ2n) is 5.94. The Labute approximate surface area is 168 Å². The number of carbonyl (C=O) groups excluding carboxylic acids is 1. The largest absolute Gasteiger partial charge is 0.272 e. The van der Waals surface area contributed by atoms with Crippen molar-refractivity contribution < 1.29 is 13.2 Å². The molecule has 0 aliphatic carbocycles. The van der Waals surface area contributed by atoms with E-state index in [1.165, 1.54) is 24.3 Å². The van der Waals surface area contributed by atoms with E-state index in [0.29, 0.717) is 10.7 Å². The van der Waals surface area contributed by atoms with Crippen LogP contribution in [0.4, 0.5) is 0 Å². The topological polar surface area (TPSA) is 75.6 Å². The van der Waals surface area contributed by atoms with Crippen LogP contribution in [-0.4, -0.2) is 25.8 Å². The van der Waals surface area contributed by atoms with Gasteiger partial charge in [-0.3, -0.25) is 4.79 Å². The molecule has 0 radical (unpaired) electrons. The van der Waals surface area contributed by atoms with Gasteiger partial charge in [0.1, 0.15) is 5.75 Å². The summed E-state index contributed by atoms with van der Waals surface area (Å²) < 4.78 is 24.8. The van der Waals surface area contributed by atoms with E-state index in [9.17, 15) is 13.2 Å². The highest BCUT2D eigenvalue weighted by atomic mass is 35.5. The Kier molecular flexibility index (Phi) is 6.23. The van der Waals surface area contributed by atoms with Gasteiger partial charge in [-0.25, -0.2) is 13.8 Å². The van der Waals surface area contributed by atoms with Crippen LogP contribution in [0.2, 0.25) is 5.02 Å². The van der Waals surface area contributed by atoms with Crippen LogP contribution < -0.4 is 5.43 Å². The summed E-state index contributed by atoms with van der Waals surface area (Å²) in [4.78, 5) is 12.3. The highest BCUT2D eigenvalue weighted by Gasteiger charge is 2.19. The van der Waals surface area contributed by atoms with Crippen LogP contribution >= 0.6 is 11.6 Å². The van der Waals surface area contributed by atoms with Gasteiger partial charge in [0.15, 0.2) is 9.84 Å². The zero-order valence-electron chi connectivity index (χ0n) is 14.7. The first-order valence-electron chi connectivity index (χ1n) is 8.41. The smallest absolute Gasteiger partial charge is 0.255 e. The molecule has 3 aromatic carbocycles. The molecule has 0 atom stereocenters. The number of hydrazone groups is 1. The minimum absolute atomic E-state index is 0.0300. The minimum Gasteiger partial charge on any atom is -0.272 e. The predicted molar refractivity (Wildman–Crippen MR) is 110 cm³/mol. The summed E-state index contributed by atoms with van der Waals surface area (Å²) in [5.41, 5.74) is 4.50. The summed E-state index contributed by atoms with van der Waals surface area (Å²) in [6, 6.07) is 24.3. The van der Waals surface area contributed by atoms with Gasteiger partial charge in [-0.1, -0.05) is 72.3 Å². The van der Waals surface area contributed by atoms with Gasteiger partial charge < -0.3 is 0 Å². The van der Waals surface area contributed by atoms with Crippen molar-refractivity contribution >= 4 is 33.1 Å². The third-order valence-electron chi connectivity index (χ3n) is 3.88. The van der Waals surface area contributed by atoms with E-state index in [2.05, 4.69) is 10.5 Å². The lowest BCUT2D eigenvalue weighted by Crippen LogP contribution is -2.28. The summed E-state index contributed by atoms with van der Waals surface area (Å²) in [6.07, 6.45) is 0. The number of sulfone groups is 1. The van der Waals surface area contributed by atoms with Crippen molar-refractivity contribution in [3.8, 4) is 0 Å². The highest BCUT2D eigenvalue weighted by molar-refractivity contribution is 7.92. The fourth-order valence-electron chi connectivity index (χ4n) is 2.54. The Morgan fingerprint density at radius 1 is 0.821 bits per heavy atom. The lowest BCUT2D eigenvalue weighted by atomic mass is 10.0. The standard InChI is InChI=1S/C21H17ClN2O3S/c22-18-11-13-19(14-12-18)28(26,27)15-20(25)23-24-21(16-7-3-1-4-8-16)17-9-5-2-6-10-17/h1-14H,15H2,(H,23,25). The molecule has 7 heteroatoms. The Morgan fingerprint density at radius 3 is 1.82 bits per heavy atom. The van der Waals surface area contributed by atoms with Crippen molar-refractivity contribution in [2.45, 2.75) is 4.90 Å². The van der Waals surface area contributed by atoms with Crippen LogP contribution in [0.25, 0.3) is 0 Å². The maximum atomic E-state index is 12.4. The number of carbonyl (C=O) groups is 1. The first-order chi connectivity index (χ1) is 13.5. The SMILES string of the molecule is O=C(CS(=O)(=O)c1ccc(Cl)cc1)NN=C(c1ccccc1)c1ccccc1. The summed E-state index contributed by atoms with van der Waals surface area (Å²) in [5, 5.41) is 4.61. The molecule has 0 spiro atoms. The summed E-state index contributed by atoms with van der Waals surface area (Å²) >= 11 is 5.78. The molecule has 142 valence electrons. The molecule has 1 N–H and O–H groups in total. The number of rotatable bonds is 6. The molecule has 5 nitrogen and oxygen atoms in total. The molecule has 0 aliphatic rings. The number of benzene rings is 3. The number of hydrogen-bond acceptors (Lipinski definition) is 4. The molecule has 0 heterocycles. The molecular formula is C21H17ClN2O3S. The molecule has 28 heavy (non-hydrogen) atoms. The quantitative estimate of drug-likeness (QED) is 0.495. The van der Waals surface area contributed by atoms with Gasteiger partial charge >= 0.3 is 0 Å². The number of halogens is 1. The van der Waals surface area contributed by atoms with Gasteiger partial charge in [-0.15, -0.1) is 0 Å². The van der Waals surface area contributed by atoms with E-state index in [1.807, 2.05) is 60.7 Å². The Balaban J connectivity index is 1.81. The molecule has 0 bridgehead atoms. The third-order valence-corrected chi connectivity index (χ3v) is 5.77. The fraction of sp³-hybridized carbons (Fsp3) is 0.0476. The molecule has 0 aliphatic heterocycles. The lowest BCUT2D eigenvalue weighted by Gasteiger charge is -2.08. The van der Waals surface area contributed by atoms with E-state index in [0.717, 1.165) is 11.1 Å². The van der Waals surface area contributed by atoms with E-state index in [-0.39, 0.29) is 4.90 Å². The minimum atomic E-state index is -3.79. The first-order valence-corrected chi connectivity index (χ1v) is 10.4. The number of nitrogens with zero attached hydrogens (tertiary/aromatic N) is 1. The normalized spacial score (nSPS) is 10.9. The van der Waals surface area contributed by atoms with Crippen molar-refractivity contribution in [3.05, 3.63) is 101 Å². The third kappa shape index (κ3) is 5.06. The van der Waals surface area contributed by atoms with E-state index in [4.69, 9.17) is 11.6 Å². The zero-order chi connectivity index (χ0) is 20.0. The van der Waals surface area contributed by atoms with Gasteiger partial charge in [0, 0.05) is 16.1 Å². The summed E-state index contributed by atoms with van der Waals surface area (Å²) in [6.45, 7) is 0. The van der Waals surface area contributed by atoms with E-state index >= 15 is 0 Å². The predicted octanol–water partition coefficient (Wildman–Crippen LogP) is 3.68. The number of hydrogen-bond donors (Lipinski definition) is 1. The zero-order valence-corrected chi connectivity index (χ0v) is 16.3. The fourth-order valence-corrected chi connectivity index (χ4v) is 3.79. The van der Waals surface area contributed by atoms with Crippen LogP contribution in [0.15, 0.2) is 94.9 Å². The molecule has 3 rings (SSSR count). The first kappa shape index (κ1) is 19.8. The molecule has 0 unspecified atom stereocenters. The molecule has 1 amide bonds. The van der Waals surface area contributed by atoms with E-state index in [1.54, 1.807) is 0 Å². The van der Waals surface area contributed by atoms with Crippen LogP contribution in [0, 0.1) is 0 Å². The van der Waals surface area contributed by atoms with Crippen molar-refractivity contribution in [2.75, 3.05) is 5.75 Å². The Bertz CT molecular complexity index is 1040. The number of nitrogens with one attached hydrogen (secondary N) is 1. The average Bonchev–Trinajstić information content (AvgIpc) is 2.70. The van der Waals surface area contributed by atoms with Gasteiger partial charge in [0.05, 0.1) is 10.6 Å². The Hall–Kier alpha value is -2.96. The van der Waals surface area contributed by atoms with Gasteiger partial charge in [0.2, 0.25) is 0 Å². The maximum absolute atomic E-state index is 12.4. The van der Waals surface area contributed by atoms with Crippen LogP contribution in [0.3, 0.4) is 0 Å². The molecule has 0 aromatic heterocycles. The van der Waals surface area contributed by atoms with Gasteiger partial charge in [-0.05, 0) is 24.3 Å². The molecule has 0 saturated heterocycles. The van der Waals surface area contributed by atoms with Crippen molar-refractivity contribution in [3.63, 3.8) is 0 Å². The van der Waals surface area contributed by atoms with Crippen molar-refractivity contribution in [1.29, 1.82) is 0 Å². The molecule has 0 saturated carbocycles.